The van der Waals surface area contributed by atoms with Crippen LogP contribution < -0.4 is 5.73 Å². The van der Waals surface area contributed by atoms with Gasteiger partial charge in [0.25, 0.3) is 0 Å². The minimum atomic E-state index is -0.133. The van der Waals surface area contributed by atoms with Crippen molar-refractivity contribution in [3.05, 3.63) is 30.0 Å². The highest BCUT2D eigenvalue weighted by Gasteiger charge is 2.02. The fourth-order valence-corrected chi connectivity index (χ4v) is 0.959. The largest absolute Gasteiger partial charge is 0.330 e. The first kappa shape index (κ1) is 7.48. The van der Waals surface area contributed by atoms with Gasteiger partial charge in [0.15, 0.2) is 0 Å². The third-order valence-electron chi connectivity index (χ3n) is 1.45. The number of hydrogen-bond donors (Lipinski definition) is 1. The van der Waals surface area contributed by atoms with Crippen molar-refractivity contribution in [3.8, 4) is 0 Å². The SMILES string of the molecule is NCCC1=CC[CH]C(F)=C1. The van der Waals surface area contributed by atoms with E-state index in [-0.39, 0.29) is 5.83 Å². The maximum absolute atomic E-state index is 12.5. The van der Waals surface area contributed by atoms with Gasteiger partial charge in [-0.15, -0.1) is 0 Å². The molecule has 0 bridgehead atoms. The standard InChI is InChI=1S/C8H11FN/c9-8-3-1-2-7(6-8)4-5-10/h2-3,6H,1,4-5,10H2. The Morgan fingerprint density at radius 2 is 2.40 bits per heavy atom. The molecular formula is C8H11FN. The molecule has 0 heterocycles. The first-order chi connectivity index (χ1) is 4.83. The fraction of sp³-hybridized carbons (Fsp3) is 0.375. The second-order valence-electron chi connectivity index (χ2n) is 2.29. The van der Waals surface area contributed by atoms with E-state index in [0.29, 0.717) is 13.0 Å². The number of rotatable bonds is 2. The number of nitrogens with two attached hydrogens (primary N) is 1. The average molecular weight is 140 g/mol. The summed E-state index contributed by atoms with van der Waals surface area (Å²) in [5.41, 5.74) is 6.32. The number of hydrogen-bond acceptors (Lipinski definition) is 1. The van der Waals surface area contributed by atoms with Gasteiger partial charge in [-0.05, 0) is 31.0 Å². The smallest absolute Gasteiger partial charge is 0.104 e. The molecule has 0 amide bonds. The Morgan fingerprint density at radius 1 is 1.60 bits per heavy atom. The van der Waals surface area contributed by atoms with Crippen molar-refractivity contribution in [1.82, 2.24) is 0 Å². The van der Waals surface area contributed by atoms with E-state index in [0.717, 1.165) is 12.0 Å². The number of allylic oxidation sites excluding steroid dienone is 3. The van der Waals surface area contributed by atoms with E-state index in [1.165, 1.54) is 6.08 Å². The minimum absolute atomic E-state index is 0.133. The predicted octanol–water partition coefficient (Wildman–Crippen LogP) is 1.72. The summed E-state index contributed by atoms with van der Waals surface area (Å²) in [6.07, 6.45) is 6.57. The molecule has 0 aromatic rings. The van der Waals surface area contributed by atoms with Crippen LogP contribution in [0, 0.1) is 6.42 Å². The van der Waals surface area contributed by atoms with E-state index in [2.05, 4.69) is 0 Å². The molecule has 0 saturated carbocycles. The van der Waals surface area contributed by atoms with Crippen molar-refractivity contribution in [2.45, 2.75) is 12.8 Å². The van der Waals surface area contributed by atoms with Crippen molar-refractivity contribution in [2.24, 2.45) is 5.73 Å². The van der Waals surface area contributed by atoms with E-state index in [1.807, 2.05) is 6.08 Å². The Kier molecular flexibility index (Phi) is 2.63. The Bertz CT molecular complexity index is 170. The lowest BCUT2D eigenvalue weighted by Gasteiger charge is -2.05. The maximum Gasteiger partial charge on any atom is 0.104 e. The van der Waals surface area contributed by atoms with Crippen LogP contribution in [0.15, 0.2) is 23.6 Å². The van der Waals surface area contributed by atoms with E-state index < -0.39 is 0 Å². The van der Waals surface area contributed by atoms with Gasteiger partial charge in [0.2, 0.25) is 0 Å². The highest BCUT2D eigenvalue weighted by molar-refractivity contribution is 5.29. The van der Waals surface area contributed by atoms with Crippen LogP contribution in [0.2, 0.25) is 0 Å². The monoisotopic (exact) mass is 140 g/mol. The predicted molar refractivity (Wildman–Crippen MR) is 39.9 cm³/mol. The van der Waals surface area contributed by atoms with Gasteiger partial charge in [-0.2, -0.15) is 0 Å². The lowest BCUT2D eigenvalue weighted by molar-refractivity contribution is 0.636. The van der Waals surface area contributed by atoms with E-state index in [9.17, 15) is 4.39 Å². The van der Waals surface area contributed by atoms with Gasteiger partial charge < -0.3 is 5.73 Å². The molecule has 2 heteroatoms. The summed E-state index contributed by atoms with van der Waals surface area (Å²) in [4.78, 5) is 0. The van der Waals surface area contributed by atoms with E-state index in [1.54, 1.807) is 6.42 Å². The molecule has 0 unspecified atom stereocenters. The molecule has 1 aliphatic rings. The van der Waals surface area contributed by atoms with Gasteiger partial charge in [0, 0.05) is 6.42 Å². The molecule has 1 nitrogen and oxygen atoms in total. The molecule has 0 fully saturated rings. The molecule has 0 atom stereocenters. The van der Waals surface area contributed by atoms with Gasteiger partial charge in [-0.1, -0.05) is 6.08 Å². The number of halogens is 1. The van der Waals surface area contributed by atoms with Crippen molar-refractivity contribution in [3.63, 3.8) is 0 Å². The Labute approximate surface area is 60.4 Å². The molecule has 1 rings (SSSR count). The Hall–Kier alpha value is -0.630. The summed E-state index contributed by atoms with van der Waals surface area (Å²) in [5.74, 6) is -0.133. The average Bonchev–Trinajstić information content (AvgIpc) is 1.88. The van der Waals surface area contributed by atoms with Crippen LogP contribution in [-0.2, 0) is 0 Å². The molecule has 2 N–H and O–H groups in total. The second-order valence-corrected chi connectivity index (χ2v) is 2.29. The molecule has 0 spiro atoms. The quantitative estimate of drug-likeness (QED) is 0.621. The third kappa shape index (κ3) is 1.95. The van der Waals surface area contributed by atoms with Crippen molar-refractivity contribution in [1.29, 1.82) is 0 Å². The van der Waals surface area contributed by atoms with Crippen LogP contribution >= 0.6 is 0 Å². The van der Waals surface area contributed by atoms with Crippen LogP contribution in [0.3, 0.4) is 0 Å². The lowest BCUT2D eigenvalue weighted by Crippen LogP contribution is -2.01. The van der Waals surface area contributed by atoms with Crippen LogP contribution in [0.1, 0.15) is 12.8 Å². The molecule has 0 aromatic carbocycles. The first-order valence-electron chi connectivity index (χ1n) is 3.42. The normalized spacial score (nSPS) is 18.2. The highest BCUT2D eigenvalue weighted by Crippen LogP contribution is 2.18. The van der Waals surface area contributed by atoms with Crippen molar-refractivity contribution in [2.75, 3.05) is 6.54 Å². The van der Waals surface area contributed by atoms with Crippen LogP contribution in [0.4, 0.5) is 4.39 Å². The Morgan fingerprint density at radius 3 is 3.00 bits per heavy atom. The highest BCUT2D eigenvalue weighted by atomic mass is 19.1. The van der Waals surface area contributed by atoms with Gasteiger partial charge >= 0.3 is 0 Å². The topological polar surface area (TPSA) is 26.0 Å². The summed E-state index contributed by atoms with van der Waals surface area (Å²) < 4.78 is 12.5. The summed E-state index contributed by atoms with van der Waals surface area (Å²) in [6, 6.07) is 0. The third-order valence-corrected chi connectivity index (χ3v) is 1.45. The fourth-order valence-electron chi connectivity index (χ4n) is 0.959. The Balaban J connectivity index is 2.51. The van der Waals surface area contributed by atoms with Crippen molar-refractivity contribution < 1.29 is 4.39 Å². The summed E-state index contributed by atoms with van der Waals surface area (Å²) in [7, 11) is 0. The van der Waals surface area contributed by atoms with Crippen LogP contribution in [-0.4, -0.2) is 6.54 Å². The molecule has 0 aliphatic heterocycles. The van der Waals surface area contributed by atoms with Crippen molar-refractivity contribution >= 4 is 0 Å². The van der Waals surface area contributed by atoms with E-state index in [4.69, 9.17) is 5.73 Å². The molecule has 10 heavy (non-hydrogen) atoms. The molecule has 0 saturated heterocycles. The van der Waals surface area contributed by atoms with Gasteiger partial charge in [0.05, 0.1) is 0 Å². The van der Waals surface area contributed by atoms with Crippen LogP contribution in [0.25, 0.3) is 0 Å². The summed E-state index contributed by atoms with van der Waals surface area (Å²) >= 11 is 0. The molecule has 1 radical (unpaired) electrons. The zero-order chi connectivity index (χ0) is 7.40. The summed E-state index contributed by atoms with van der Waals surface area (Å²) in [6.45, 7) is 0.593. The summed E-state index contributed by atoms with van der Waals surface area (Å²) in [5, 5.41) is 0. The second kappa shape index (κ2) is 3.52. The zero-order valence-electron chi connectivity index (χ0n) is 5.81. The van der Waals surface area contributed by atoms with E-state index >= 15 is 0 Å². The first-order valence-corrected chi connectivity index (χ1v) is 3.42. The van der Waals surface area contributed by atoms with Gasteiger partial charge in [-0.3, -0.25) is 0 Å². The molecule has 55 valence electrons. The molecule has 1 aliphatic carbocycles. The lowest BCUT2D eigenvalue weighted by atomic mass is 10.0. The molecular weight excluding hydrogens is 129 g/mol. The maximum atomic E-state index is 12.5. The zero-order valence-corrected chi connectivity index (χ0v) is 5.81. The van der Waals surface area contributed by atoms with Gasteiger partial charge in [-0.25, -0.2) is 4.39 Å². The molecule has 0 aromatic heterocycles. The van der Waals surface area contributed by atoms with Gasteiger partial charge in [0.1, 0.15) is 5.83 Å². The minimum Gasteiger partial charge on any atom is -0.330 e. The van der Waals surface area contributed by atoms with Crippen LogP contribution in [0.5, 0.6) is 0 Å².